The van der Waals surface area contributed by atoms with Gasteiger partial charge in [-0.1, -0.05) is 12.1 Å². The lowest BCUT2D eigenvalue weighted by Crippen LogP contribution is -2.21. The molecule has 0 bridgehead atoms. The van der Waals surface area contributed by atoms with Crippen LogP contribution in [0.2, 0.25) is 0 Å². The molecule has 1 aliphatic rings. The van der Waals surface area contributed by atoms with Crippen molar-refractivity contribution in [1.29, 1.82) is 5.41 Å². The van der Waals surface area contributed by atoms with E-state index in [0.717, 1.165) is 54.4 Å². The summed E-state index contributed by atoms with van der Waals surface area (Å²) >= 11 is 0. The Labute approximate surface area is 191 Å². The van der Waals surface area contributed by atoms with E-state index in [1.165, 1.54) is 6.21 Å². The third-order valence-electron chi connectivity index (χ3n) is 5.86. The van der Waals surface area contributed by atoms with Gasteiger partial charge in [-0.3, -0.25) is 0 Å². The van der Waals surface area contributed by atoms with Crippen molar-refractivity contribution in [1.82, 2.24) is 14.4 Å². The highest BCUT2D eigenvalue weighted by Crippen LogP contribution is 2.27. The Kier molecular flexibility index (Phi) is 5.91. The van der Waals surface area contributed by atoms with Crippen LogP contribution in [-0.2, 0) is 4.74 Å². The SMILES string of the molecule is N=Cc1ccc(-c2cn3ccnc3c(Nc3ccc(OCC4CCOCC4)cc3)n2)cc1N. The highest BCUT2D eigenvalue weighted by molar-refractivity contribution is 5.87. The largest absolute Gasteiger partial charge is 0.493 e. The van der Waals surface area contributed by atoms with Crippen LogP contribution in [0, 0.1) is 11.3 Å². The fourth-order valence-corrected chi connectivity index (χ4v) is 3.92. The molecule has 1 aliphatic heterocycles. The predicted molar refractivity (Wildman–Crippen MR) is 129 cm³/mol. The zero-order valence-electron chi connectivity index (χ0n) is 18.2. The number of imidazole rings is 1. The normalized spacial score (nSPS) is 14.3. The van der Waals surface area contributed by atoms with Crippen molar-refractivity contribution in [3.05, 3.63) is 66.6 Å². The molecule has 8 nitrogen and oxygen atoms in total. The number of nitrogen functional groups attached to an aromatic ring is 1. The number of hydrogen-bond donors (Lipinski definition) is 3. The Balaban J connectivity index is 1.35. The number of fused-ring (bicyclic) bond motifs is 1. The van der Waals surface area contributed by atoms with E-state index in [-0.39, 0.29) is 0 Å². The molecule has 0 saturated carbocycles. The van der Waals surface area contributed by atoms with E-state index in [4.69, 9.17) is 25.6 Å². The molecule has 168 valence electrons. The summed E-state index contributed by atoms with van der Waals surface area (Å²) in [6, 6.07) is 13.4. The molecular formula is C25H26N6O2. The van der Waals surface area contributed by atoms with Crippen molar-refractivity contribution in [3.63, 3.8) is 0 Å². The van der Waals surface area contributed by atoms with Crippen molar-refractivity contribution in [2.75, 3.05) is 30.9 Å². The first-order valence-corrected chi connectivity index (χ1v) is 11.0. The molecule has 4 N–H and O–H groups in total. The Bertz CT molecular complexity index is 1260. The number of anilines is 3. The summed E-state index contributed by atoms with van der Waals surface area (Å²) in [5.41, 5.74) is 10.5. The lowest BCUT2D eigenvalue weighted by Gasteiger charge is -2.22. The minimum Gasteiger partial charge on any atom is -0.493 e. The van der Waals surface area contributed by atoms with E-state index < -0.39 is 0 Å². The molecule has 1 saturated heterocycles. The molecule has 3 heterocycles. The van der Waals surface area contributed by atoms with Gasteiger partial charge in [0.25, 0.3) is 0 Å². The van der Waals surface area contributed by atoms with Crippen molar-refractivity contribution < 1.29 is 9.47 Å². The monoisotopic (exact) mass is 442 g/mol. The maximum Gasteiger partial charge on any atom is 0.180 e. The number of hydrogen-bond acceptors (Lipinski definition) is 7. The summed E-state index contributed by atoms with van der Waals surface area (Å²) in [6.07, 6.45) is 8.89. The van der Waals surface area contributed by atoms with Crippen molar-refractivity contribution in [2.24, 2.45) is 5.92 Å². The highest BCUT2D eigenvalue weighted by Gasteiger charge is 2.15. The van der Waals surface area contributed by atoms with Crippen molar-refractivity contribution in [3.8, 4) is 17.0 Å². The lowest BCUT2D eigenvalue weighted by atomic mass is 10.0. The van der Waals surface area contributed by atoms with E-state index in [1.807, 2.05) is 59.3 Å². The predicted octanol–water partition coefficient (Wildman–Crippen LogP) is 4.53. The van der Waals surface area contributed by atoms with Gasteiger partial charge in [-0.05, 0) is 49.1 Å². The number of nitrogens with zero attached hydrogens (tertiary/aromatic N) is 3. The maximum absolute atomic E-state index is 7.44. The first kappa shape index (κ1) is 21.0. The molecule has 0 amide bonds. The van der Waals surface area contributed by atoms with E-state index >= 15 is 0 Å². The van der Waals surface area contributed by atoms with Gasteiger partial charge in [0.1, 0.15) is 5.75 Å². The van der Waals surface area contributed by atoms with Gasteiger partial charge in [-0.15, -0.1) is 0 Å². The van der Waals surface area contributed by atoms with E-state index in [0.29, 0.717) is 29.6 Å². The van der Waals surface area contributed by atoms with Gasteiger partial charge in [0.15, 0.2) is 11.5 Å². The van der Waals surface area contributed by atoms with Crippen LogP contribution >= 0.6 is 0 Å². The van der Waals surface area contributed by atoms with Crippen LogP contribution in [0.1, 0.15) is 18.4 Å². The molecule has 0 aliphatic carbocycles. The summed E-state index contributed by atoms with van der Waals surface area (Å²) in [5, 5.41) is 10.8. The molecule has 4 aromatic rings. The topological polar surface area (TPSA) is 111 Å². The zero-order chi connectivity index (χ0) is 22.6. The quantitative estimate of drug-likeness (QED) is 0.287. The summed E-state index contributed by atoms with van der Waals surface area (Å²) in [6.45, 7) is 2.36. The van der Waals surface area contributed by atoms with Crippen LogP contribution in [0.15, 0.2) is 61.1 Å². The number of rotatable bonds is 7. The average Bonchev–Trinajstić information content (AvgIpc) is 3.33. The first-order valence-electron chi connectivity index (χ1n) is 11.0. The lowest BCUT2D eigenvalue weighted by molar-refractivity contribution is 0.0497. The van der Waals surface area contributed by atoms with Gasteiger partial charge < -0.3 is 30.3 Å². The molecule has 2 aromatic carbocycles. The Morgan fingerprint density at radius 1 is 1.18 bits per heavy atom. The van der Waals surface area contributed by atoms with Crippen LogP contribution in [0.25, 0.3) is 16.9 Å². The molecule has 33 heavy (non-hydrogen) atoms. The number of nitrogens with two attached hydrogens (primary N) is 1. The molecule has 8 heteroatoms. The van der Waals surface area contributed by atoms with Gasteiger partial charge in [-0.2, -0.15) is 0 Å². The minimum absolute atomic E-state index is 0.542. The summed E-state index contributed by atoms with van der Waals surface area (Å²) in [5.74, 6) is 2.05. The number of ether oxygens (including phenoxy) is 2. The van der Waals surface area contributed by atoms with Crippen LogP contribution < -0.4 is 15.8 Å². The van der Waals surface area contributed by atoms with E-state index in [9.17, 15) is 0 Å². The molecule has 0 atom stereocenters. The minimum atomic E-state index is 0.542. The second kappa shape index (κ2) is 9.30. The van der Waals surface area contributed by atoms with Crippen molar-refractivity contribution >= 4 is 29.1 Å². The first-order chi connectivity index (χ1) is 16.2. The van der Waals surface area contributed by atoms with Gasteiger partial charge in [0, 0.05) is 60.5 Å². The zero-order valence-corrected chi connectivity index (χ0v) is 18.2. The second-order valence-electron chi connectivity index (χ2n) is 8.14. The van der Waals surface area contributed by atoms with Crippen molar-refractivity contribution in [2.45, 2.75) is 12.8 Å². The molecule has 0 spiro atoms. The fraction of sp³-hybridized carbons (Fsp3) is 0.240. The number of nitrogens with one attached hydrogen (secondary N) is 2. The second-order valence-corrected chi connectivity index (χ2v) is 8.14. The standard InChI is InChI=1S/C25H26N6O2/c26-14-19-2-1-18(13-22(19)27)23-15-31-10-9-28-25(31)24(30-23)29-20-3-5-21(6-4-20)33-16-17-7-11-32-12-8-17/h1-6,9-10,13-15,17,26H,7-8,11-12,16,27H2,(H,29,30). The third kappa shape index (κ3) is 4.65. The number of benzene rings is 2. The van der Waals surface area contributed by atoms with Gasteiger partial charge in [0.2, 0.25) is 0 Å². The van der Waals surface area contributed by atoms with Crippen LogP contribution in [-0.4, -0.2) is 40.4 Å². The van der Waals surface area contributed by atoms with Crippen LogP contribution in [0.3, 0.4) is 0 Å². The molecule has 0 unspecified atom stereocenters. The Morgan fingerprint density at radius 3 is 2.76 bits per heavy atom. The van der Waals surface area contributed by atoms with Gasteiger partial charge in [0.05, 0.1) is 12.3 Å². The number of aromatic nitrogens is 3. The fourth-order valence-electron chi connectivity index (χ4n) is 3.92. The van der Waals surface area contributed by atoms with E-state index in [1.54, 1.807) is 6.20 Å². The van der Waals surface area contributed by atoms with Crippen LogP contribution in [0.5, 0.6) is 5.75 Å². The average molecular weight is 443 g/mol. The van der Waals surface area contributed by atoms with Gasteiger partial charge in [-0.25, -0.2) is 9.97 Å². The summed E-state index contributed by atoms with van der Waals surface area (Å²) in [7, 11) is 0. The Hall–Kier alpha value is -3.91. The third-order valence-corrected chi connectivity index (χ3v) is 5.86. The van der Waals surface area contributed by atoms with E-state index in [2.05, 4.69) is 10.3 Å². The molecule has 5 rings (SSSR count). The smallest absolute Gasteiger partial charge is 0.180 e. The summed E-state index contributed by atoms with van der Waals surface area (Å²) in [4.78, 5) is 9.25. The van der Waals surface area contributed by atoms with Gasteiger partial charge >= 0.3 is 0 Å². The highest BCUT2D eigenvalue weighted by atomic mass is 16.5. The van der Waals surface area contributed by atoms with Crippen LogP contribution in [0.4, 0.5) is 17.2 Å². The molecule has 1 fully saturated rings. The molecular weight excluding hydrogens is 416 g/mol. The Morgan fingerprint density at radius 2 is 2.00 bits per heavy atom. The maximum atomic E-state index is 7.44. The molecule has 2 aromatic heterocycles. The molecule has 0 radical (unpaired) electrons. The summed E-state index contributed by atoms with van der Waals surface area (Å²) < 4.78 is 13.3.